The van der Waals surface area contributed by atoms with Crippen LogP contribution in [-0.4, -0.2) is 6.54 Å². The lowest BCUT2D eigenvalue weighted by Crippen LogP contribution is -2.18. The van der Waals surface area contributed by atoms with Crippen molar-refractivity contribution >= 4 is 0 Å². The van der Waals surface area contributed by atoms with Crippen LogP contribution in [0.2, 0.25) is 0 Å². The smallest absolute Gasteiger partial charge is 0.136 e. The first-order valence-electron chi connectivity index (χ1n) is 6.82. The summed E-state index contributed by atoms with van der Waals surface area (Å²) in [7, 11) is 0. The Morgan fingerprint density at radius 3 is 2.00 bits per heavy atom. The Balaban J connectivity index is 2.13. The van der Waals surface area contributed by atoms with Crippen LogP contribution in [0.15, 0.2) is 48.5 Å². The minimum absolute atomic E-state index is 0.221. The molecule has 0 heterocycles. The predicted molar refractivity (Wildman–Crippen MR) is 79.4 cm³/mol. The summed E-state index contributed by atoms with van der Waals surface area (Å²) in [6, 6.07) is 14.2. The Morgan fingerprint density at radius 1 is 0.950 bits per heavy atom. The van der Waals surface area contributed by atoms with Crippen LogP contribution in [0, 0.1) is 5.82 Å². The van der Waals surface area contributed by atoms with Gasteiger partial charge < -0.3 is 10.5 Å². The van der Waals surface area contributed by atoms with Gasteiger partial charge in [0.2, 0.25) is 0 Å². The molecule has 20 heavy (non-hydrogen) atoms. The van der Waals surface area contributed by atoms with Crippen molar-refractivity contribution in [3.05, 3.63) is 65.5 Å². The molecule has 0 aliphatic carbocycles. The molecule has 2 aromatic carbocycles. The van der Waals surface area contributed by atoms with Crippen LogP contribution in [0.4, 0.5) is 4.39 Å². The van der Waals surface area contributed by atoms with Gasteiger partial charge in [-0.25, -0.2) is 4.39 Å². The van der Waals surface area contributed by atoms with Gasteiger partial charge in [0.15, 0.2) is 0 Å². The average Bonchev–Trinajstić information content (AvgIpc) is 2.47. The van der Waals surface area contributed by atoms with E-state index < -0.39 is 0 Å². The van der Waals surface area contributed by atoms with E-state index in [-0.39, 0.29) is 11.9 Å². The first-order valence-corrected chi connectivity index (χ1v) is 6.82. The van der Waals surface area contributed by atoms with Crippen molar-refractivity contribution in [3.63, 3.8) is 0 Å². The van der Waals surface area contributed by atoms with Crippen molar-refractivity contribution < 1.29 is 9.13 Å². The molecule has 1 unspecified atom stereocenters. The minimum Gasteiger partial charge on any atom is -0.484 e. The van der Waals surface area contributed by atoms with Gasteiger partial charge in [0.05, 0.1) is 0 Å². The van der Waals surface area contributed by atoms with Gasteiger partial charge in [-0.15, -0.1) is 0 Å². The Hall–Kier alpha value is -1.87. The van der Waals surface area contributed by atoms with Gasteiger partial charge in [-0.2, -0.15) is 0 Å². The van der Waals surface area contributed by atoms with Gasteiger partial charge in [-0.1, -0.05) is 38.1 Å². The zero-order valence-corrected chi connectivity index (χ0v) is 11.8. The molecule has 0 saturated carbocycles. The molecule has 0 aromatic heterocycles. The number of hydrogen-bond acceptors (Lipinski definition) is 2. The number of ether oxygens (including phenoxy) is 1. The van der Waals surface area contributed by atoms with Crippen molar-refractivity contribution in [3.8, 4) is 5.75 Å². The van der Waals surface area contributed by atoms with E-state index in [1.807, 2.05) is 12.1 Å². The molecular formula is C17H20FNO. The second kappa shape index (κ2) is 6.53. The summed E-state index contributed by atoms with van der Waals surface area (Å²) in [5, 5.41) is 0. The van der Waals surface area contributed by atoms with Gasteiger partial charge in [0.25, 0.3) is 0 Å². The van der Waals surface area contributed by atoms with Gasteiger partial charge in [0.1, 0.15) is 17.7 Å². The van der Waals surface area contributed by atoms with E-state index in [0.29, 0.717) is 18.2 Å². The average molecular weight is 273 g/mol. The maximum atomic E-state index is 12.9. The molecule has 0 aliphatic rings. The molecular weight excluding hydrogens is 253 g/mol. The Bertz CT molecular complexity index is 534. The molecule has 0 spiro atoms. The van der Waals surface area contributed by atoms with Crippen molar-refractivity contribution in [2.24, 2.45) is 5.73 Å². The van der Waals surface area contributed by atoms with Gasteiger partial charge in [-0.3, -0.25) is 0 Å². The summed E-state index contributed by atoms with van der Waals surface area (Å²) in [6.07, 6.45) is -0.221. The summed E-state index contributed by atoms with van der Waals surface area (Å²) >= 11 is 0. The molecule has 0 saturated heterocycles. The fourth-order valence-corrected chi connectivity index (χ4v) is 2.03. The van der Waals surface area contributed by atoms with Crippen molar-refractivity contribution in [2.45, 2.75) is 25.9 Å². The lowest BCUT2D eigenvalue weighted by Gasteiger charge is -2.18. The molecule has 0 bridgehead atoms. The summed E-state index contributed by atoms with van der Waals surface area (Å²) in [4.78, 5) is 0. The van der Waals surface area contributed by atoms with Crippen LogP contribution in [-0.2, 0) is 0 Å². The van der Waals surface area contributed by atoms with Crippen molar-refractivity contribution in [1.29, 1.82) is 0 Å². The predicted octanol–water partition coefficient (Wildman–Crippen LogP) is 4.03. The third-order valence-corrected chi connectivity index (χ3v) is 3.28. The summed E-state index contributed by atoms with van der Waals surface area (Å²) in [5.74, 6) is 0.844. The number of benzene rings is 2. The molecule has 0 radical (unpaired) electrons. The minimum atomic E-state index is -0.275. The molecule has 1 atom stereocenters. The second-order valence-electron chi connectivity index (χ2n) is 5.12. The van der Waals surface area contributed by atoms with Crippen LogP contribution in [0.5, 0.6) is 5.75 Å². The lowest BCUT2D eigenvalue weighted by molar-refractivity contribution is 0.214. The van der Waals surface area contributed by atoms with Gasteiger partial charge in [-0.05, 0) is 41.3 Å². The molecule has 2 N–H and O–H groups in total. The topological polar surface area (TPSA) is 35.2 Å². The van der Waals surface area contributed by atoms with Crippen molar-refractivity contribution in [1.82, 2.24) is 0 Å². The van der Waals surface area contributed by atoms with Crippen LogP contribution in [0.1, 0.15) is 37.0 Å². The summed E-state index contributed by atoms with van der Waals surface area (Å²) in [5.41, 5.74) is 8.09. The first kappa shape index (κ1) is 14.5. The Kier molecular flexibility index (Phi) is 4.74. The molecule has 106 valence electrons. The molecule has 2 rings (SSSR count). The maximum absolute atomic E-state index is 12.9. The first-order chi connectivity index (χ1) is 9.60. The second-order valence-corrected chi connectivity index (χ2v) is 5.12. The SMILES string of the molecule is CC(C)c1ccc(C(CN)Oc2ccc(F)cc2)cc1. The summed E-state index contributed by atoms with van der Waals surface area (Å²) < 4.78 is 18.7. The zero-order valence-electron chi connectivity index (χ0n) is 11.8. The zero-order chi connectivity index (χ0) is 14.5. The molecule has 0 amide bonds. The number of rotatable bonds is 5. The number of hydrogen-bond donors (Lipinski definition) is 1. The lowest BCUT2D eigenvalue weighted by atomic mass is 10.00. The van der Waals surface area contributed by atoms with E-state index in [0.717, 1.165) is 5.56 Å². The third-order valence-electron chi connectivity index (χ3n) is 3.28. The van der Waals surface area contributed by atoms with Crippen LogP contribution in [0.3, 0.4) is 0 Å². The monoisotopic (exact) mass is 273 g/mol. The fourth-order valence-electron chi connectivity index (χ4n) is 2.03. The Labute approximate surface area is 119 Å². The highest BCUT2D eigenvalue weighted by Gasteiger charge is 2.12. The molecule has 0 aliphatic heterocycles. The van der Waals surface area contributed by atoms with E-state index in [2.05, 4.69) is 26.0 Å². The van der Waals surface area contributed by atoms with E-state index in [1.54, 1.807) is 12.1 Å². The summed E-state index contributed by atoms with van der Waals surface area (Å²) in [6.45, 7) is 4.69. The highest BCUT2D eigenvalue weighted by atomic mass is 19.1. The van der Waals surface area contributed by atoms with E-state index >= 15 is 0 Å². The maximum Gasteiger partial charge on any atom is 0.136 e. The highest BCUT2D eigenvalue weighted by Crippen LogP contribution is 2.23. The molecule has 2 aromatic rings. The highest BCUT2D eigenvalue weighted by molar-refractivity contribution is 5.28. The van der Waals surface area contributed by atoms with Gasteiger partial charge >= 0.3 is 0 Å². The van der Waals surface area contributed by atoms with Crippen molar-refractivity contribution in [2.75, 3.05) is 6.54 Å². The Morgan fingerprint density at radius 2 is 1.50 bits per heavy atom. The molecule has 0 fully saturated rings. The van der Waals surface area contributed by atoms with E-state index in [1.165, 1.54) is 17.7 Å². The van der Waals surface area contributed by atoms with Crippen LogP contribution in [0.25, 0.3) is 0 Å². The molecule has 2 nitrogen and oxygen atoms in total. The fraction of sp³-hybridized carbons (Fsp3) is 0.294. The van der Waals surface area contributed by atoms with Crippen LogP contribution < -0.4 is 10.5 Å². The largest absolute Gasteiger partial charge is 0.484 e. The number of nitrogens with two attached hydrogens (primary N) is 1. The van der Waals surface area contributed by atoms with Crippen LogP contribution >= 0.6 is 0 Å². The molecule has 3 heteroatoms. The van der Waals surface area contributed by atoms with E-state index in [9.17, 15) is 4.39 Å². The third kappa shape index (κ3) is 3.58. The van der Waals surface area contributed by atoms with E-state index in [4.69, 9.17) is 10.5 Å². The normalized spacial score (nSPS) is 12.4. The van der Waals surface area contributed by atoms with Gasteiger partial charge in [0, 0.05) is 6.54 Å². The quantitative estimate of drug-likeness (QED) is 0.892. The standard InChI is InChI=1S/C17H20FNO/c1-12(2)13-3-5-14(6-4-13)17(11-19)20-16-9-7-15(18)8-10-16/h3-10,12,17H,11,19H2,1-2H3. The number of halogens is 1.